The fourth-order valence-corrected chi connectivity index (χ4v) is 4.61. The Morgan fingerprint density at radius 1 is 1.15 bits per heavy atom. The summed E-state index contributed by atoms with van der Waals surface area (Å²) in [6.45, 7) is 1.78. The molecule has 4 aromatic rings. The van der Waals surface area contributed by atoms with Crippen molar-refractivity contribution >= 4 is 55.9 Å². The summed E-state index contributed by atoms with van der Waals surface area (Å²) in [5, 5.41) is 12.1. The number of hydrogen-bond donors (Lipinski definition) is 1. The summed E-state index contributed by atoms with van der Waals surface area (Å²) in [4.78, 5) is 32.3. The maximum absolute atomic E-state index is 13.6. The topological polar surface area (TPSA) is 83.6 Å². The van der Waals surface area contributed by atoms with E-state index < -0.39 is 23.5 Å². The number of aliphatic hydroxyl groups is 1. The molecule has 0 radical (unpaired) electrons. The van der Waals surface area contributed by atoms with E-state index in [-0.39, 0.29) is 11.3 Å². The number of carbonyl (C=O) groups is 2. The Balaban J connectivity index is 1.68. The molecule has 8 heteroatoms. The molecule has 0 saturated heterocycles. The average molecular weight is 524 g/mol. The van der Waals surface area contributed by atoms with E-state index in [1.165, 1.54) is 4.90 Å². The van der Waals surface area contributed by atoms with E-state index >= 15 is 0 Å². The second kappa shape index (κ2) is 8.17. The van der Waals surface area contributed by atoms with Crippen molar-refractivity contribution in [2.24, 2.45) is 0 Å². The third-order valence-electron chi connectivity index (χ3n) is 5.68. The minimum Gasteiger partial charge on any atom is -0.503 e. The lowest BCUT2D eigenvalue weighted by atomic mass is 9.95. The number of nitrogens with zero attached hydrogens (tertiary/aromatic N) is 2. The van der Waals surface area contributed by atoms with Crippen LogP contribution in [0.25, 0.3) is 11.0 Å². The highest BCUT2D eigenvalue weighted by Crippen LogP contribution is 2.44. The number of ketones is 1. The number of anilines is 1. The van der Waals surface area contributed by atoms with Crippen LogP contribution in [0.2, 0.25) is 5.02 Å². The van der Waals surface area contributed by atoms with Crippen LogP contribution in [0.15, 0.2) is 87.2 Å². The first-order valence-electron chi connectivity index (χ1n) is 10.0. The van der Waals surface area contributed by atoms with Crippen molar-refractivity contribution < 1.29 is 19.1 Å². The van der Waals surface area contributed by atoms with Gasteiger partial charge in [0.1, 0.15) is 5.58 Å². The summed E-state index contributed by atoms with van der Waals surface area (Å²) in [6.07, 6.45) is 3.14. The number of furan rings is 1. The zero-order valence-corrected chi connectivity index (χ0v) is 19.6. The number of rotatable bonds is 4. The molecule has 1 atom stereocenters. The predicted molar refractivity (Wildman–Crippen MR) is 129 cm³/mol. The average Bonchev–Trinajstić information content (AvgIpc) is 3.34. The van der Waals surface area contributed by atoms with E-state index in [1.807, 2.05) is 6.07 Å². The second-order valence-corrected chi connectivity index (χ2v) is 8.95. The van der Waals surface area contributed by atoms with Crippen LogP contribution in [0.3, 0.4) is 0 Å². The fourth-order valence-electron chi connectivity index (χ4n) is 4.06. The van der Waals surface area contributed by atoms with E-state index in [9.17, 15) is 14.7 Å². The van der Waals surface area contributed by atoms with Gasteiger partial charge in [0, 0.05) is 33.0 Å². The molecule has 2 aromatic heterocycles. The molecule has 5 rings (SSSR count). The summed E-state index contributed by atoms with van der Waals surface area (Å²) in [6, 6.07) is 14.7. The third-order valence-corrected chi connectivity index (χ3v) is 6.58. The summed E-state index contributed by atoms with van der Waals surface area (Å²) in [5.74, 6) is -1.86. The number of amides is 1. The number of Topliss-reactive ketones (excluding diaryl/α,β-unsaturated/α-hetero) is 1. The van der Waals surface area contributed by atoms with E-state index in [0.29, 0.717) is 27.4 Å². The van der Waals surface area contributed by atoms with Gasteiger partial charge < -0.3 is 9.52 Å². The van der Waals surface area contributed by atoms with Crippen LogP contribution in [-0.4, -0.2) is 21.8 Å². The summed E-state index contributed by atoms with van der Waals surface area (Å²) >= 11 is 9.72. The molecule has 0 bridgehead atoms. The van der Waals surface area contributed by atoms with Gasteiger partial charge in [0.15, 0.2) is 11.5 Å². The van der Waals surface area contributed by atoms with Gasteiger partial charge in [-0.2, -0.15) is 0 Å². The van der Waals surface area contributed by atoms with E-state index in [1.54, 1.807) is 67.8 Å². The normalized spacial score (nSPS) is 16.2. The number of pyridine rings is 1. The summed E-state index contributed by atoms with van der Waals surface area (Å²) in [5.41, 5.74) is 2.22. The Morgan fingerprint density at radius 2 is 1.91 bits per heavy atom. The standard InChI is InChI=1S/C25H16BrClN2O4/c1-13-17(27)3-2-4-18(13)29-22(14-7-9-28-10-8-14)21(24(31)25(29)32)23(30)20-12-15-11-16(26)5-6-19(15)33-20/h2-12,22,31H,1H3. The van der Waals surface area contributed by atoms with Gasteiger partial charge in [-0.15, -0.1) is 0 Å². The van der Waals surface area contributed by atoms with Crippen molar-refractivity contribution in [3.05, 3.63) is 105 Å². The number of hydrogen-bond acceptors (Lipinski definition) is 5. The largest absolute Gasteiger partial charge is 0.503 e. The maximum atomic E-state index is 13.6. The molecule has 0 aliphatic carbocycles. The highest BCUT2D eigenvalue weighted by Gasteiger charge is 2.45. The van der Waals surface area contributed by atoms with Crippen LogP contribution in [0.1, 0.15) is 27.7 Å². The van der Waals surface area contributed by atoms with Gasteiger partial charge in [0.25, 0.3) is 5.91 Å². The van der Waals surface area contributed by atoms with Gasteiger partial charge in [-0.05, 0) is 66.6 Å². The van der Waals surface area contributed by atoms with Crippen molar-refractivity contribution in [1.82, 2.24) is 4.98 Å². The number of halogens is 2. The van der Waals surface area contributed by atoms with Gasteiger partial charge >= 0.3 is 0 Å². The van der Waals surface area contributed by atoms with E-state index in [4.69, 9.17) is 16.0 Å². The van der Waals surface area contributed by atoms with Gasteiger partial charge in [-0.25, -0.2) is 0 Å². The number of aromatic nitrogens is 1. The Morgan fingerprint density at radius 3 is 2.67 bits per heavy atom. The molecular weight excluding hydrogens is 508 g/mol. The molecule has 1 N–H and O–H groups in total. The van der Waals surface area contributed by atoms with Crippen molar-refractivity contribution in [2.75, 3.05) is 4.90 Å². The molecule has 6 nitrogen and oxygen atoms in total. The Labute approximate surface area is 202 Å². The fraction of sp³-hybridized carbons (Fsp3) is 0.0800. The molecule has 33 heavy (non-hydrogen) atoms. The van der Waals surface area contributed by atoms with Crippen LogP contribution in [0, 0.1) is 6.92 Å². The third kappa shape index (κ3) is 3.53. The quantitative estimate of drug-likeness (QED) is 0.316. The first kappa shape index (κ1) is 21.4. The number of fused-ring (bicyclic) bond motifs is 1. The van der Waals surface area contributed by atoms with Crippen molar-refractivity contribution in [3.8, 4) is 0 Å². The van der Waals surface area contributed by atoms with Crippen LogP contribution >= 0.6 is 27.5 Å². The zero-order valence-electron chi connectivity index (χ0n) is 17.3. The lowest BCUT2D eigenvalue weighted by molar-refractivity contribution is -0.117. The Hall–Kier alpha value is -3.42. The monoisotopic (exact) mass is 522 g/mol. The van der Waals surface area contributed by atoms with E-state index in [0.717, 1.165) is 9.86 Å². The van der Waals surface area contributed by atoms with E-state index in [2.05, 4.69) is 20.9 Å². The number of benzene rings is 2. The summed E-state index contributed by atoms with van der Waals surface area (Å²) < 4.78 is 6.61. The minimum atomic E-state index is -0.884. The summed E-state index contributed by atoms with van der Waals surface area (Å²) in [7, 11) is 0. The molecule has 3 heterocycles. The van der Waals surface area contributed by atoms with Crippen LogP contribution in [-0.2, 0) is 4.79 Å². The second-order valence-electron chi connectivity index (χ2n) is 7.63. The van der Waals surface area contributed by atoms with Crippen molar-refractivity contribution in [2.45, 2.75) is 13.0 Å². The SMILES string of the molecule is Cc1c(Cl)cccc1N1C(=O)C(O)=C(C(=O)c2cc3cc(Br)ccc3o2)C1c1ccncc1. The minimum absolute atomic E-state index is 0.0289. The van der Waals surface area contributed by atoms with Crippen LogP contribution < -0.4 is 4.90 Å². The predicted octanol–water partition coefficient (Wildman–Crippen LogP) is 6.34. The van der Waals surface area contributed by atoms with Gasteiger partial charge in [-0.3, -0.25) is 19.5 Å². The van der Waals surface area contributed by atoms with Crippen LogP contribution in [0.5, 0.6) is 0 Å². The van der Waals surface area contributed by atoms with Gasteiger partial charge in [0.2, 0.25) is 5.78 Å². The molecule has 164 valence electrons. The highest BCUT2D eigenvalue weighted by atomic mass is 79.9. The first-order chi connectivity index (χ1) is 15.9. The zero-order chi connectivity index (χ0) is 23.3. The Bertz CT molecular complexity index is 1460. The van der Waals surface area contributed by atoms with Crippen molar-refractivity contribution in [3.63, 3.8) is 0 Å². The molecule has 1 aliphatic heterocycles. The molecule has 0 spiro atoms. The molecule has 2 aromatic carbocycles. The first-order valence-corrected chi connectivity index (χ1v) is 11.2. The lowest BCUT2D eigenvalue weighted by Crippen LogP contribution is -2.31. The van der Waals surface area contributed by atoms with Crippen LogP contribution in [0.4, 0.5) is 5.69 Å². The number of carbonyl (C=O) groups excluding carboxylic acids is 2. The molecule has 1 amide bonds. The highest BCUT2D eigenvalue weighted by molar-refractivity contribution is 9.10. The Kier molecular flexibility index (Phi) is 5.31. The molecular formula is C25H16BrClN2O4. The number of aliphatic hydroxyl groups excluding tert-OH is 1. The van der Waals surface area contributed by atoms with Crippen molar-refractivity contribution in [1.29, 1.82) is 0 Å². The molecule has 1 aliphatic rings. The molecule has 1 unspecified atom stereocenters. The smallest absolute Gasteiger partial charge is 0.294 e. The molecule has 0 saturated carbocycles. The molecule has 0 fully saturated rings. The lowest BCUT2D eigenvalue weighted by Gasteiger charge is -2.28. The maximum Gasteiger partial charge on any atom is 0.294 e. The van der Waals surface area contributed by atoms with Gasteiger partial charge in [-0.1, -0.05) is 33.6 Å². The van der Waals surface area contributed by atoms with Gasteiger partial charge in [0.05, 0.1) is 11.6 Å².